The van der Waals surface area contributed by atoms with E-state index < -0.39 is 0 Å². The van der Waals surface area contributed by atoms with Crippen LogP contribution in [0.3, 0.4) is 0 Å². The van der Waals surface area contributed by atoms with Gasteiger partial charge >= 0.3 is 0 Å². The van der Waals surface area contributed by atoms with Gasteiger partial charge in [0.2, 0.25) is 0 Å². The lowest BCUT2D eigenvalue weighted by atomic mass is 9.99. The van der Waals surface area contributed by atoms with Gasteiger partial charge in [0, 0.05) is 29.1 Å². The van der Waals surface area contributed by atoms with Crippen molar-refractivity contribution < 1.29 is 4.79 Å². The number of hydrogen-bond donors (Lipinski definition) is 2. The lowest BCUT2D eigenvalue weighted by molar-refractivity contribution is 0.0924. The van der Waals surface area contributed by atoms with Gasteiger partial charge in [-0.25, -0.2) is 0 Å². The summed E-state index contributed by atoms with van der Waals surface area (Å²) >= 11 is 1.57. The van der Waals surface area contributed by atoms with Gasteiger partial charge in [0.1, 0.15) is 0 Å². The van der Waals surface area contributed by atoms with E-state index in [9.17, 15) is 4.79 Å². The van der Waals surface area contributed by atoms with E-state index in [1.165, 1.54) is 12.8 Å². The second kappa shape index (κ2) is 5.38. The first kappa shape index (κ1) is 12.9. The fourth-order valence-electron chi connectivity index (χ4n) is 2.84. The standard InChI is InChI=1S/C12H16N2OS.ClH/c15-12(8-3-4-16-7-8)14-11-5-9-1-2-10(6-11)13-9;/h3-4,7,9-11,13H,1-2,5-6H2,(H,14,15);1H. The molecule has 2 N–H and O–H groups in total. The third kappa shape index (κ3) is 2.81. The maximum Gasteiger partial charge on any atom is 0.252 e. The van der Waals surface area contributed by atoms with Crippen molar-refractivity contribution in [2.45, 2.75) is 43.8 Å². The highest BCUT2D eigenvalue weighted by molar-refractivity contribution is 7.08. The highest BCUT2D eigenvalue weighted by Crippen LogP contribution is 2.26. The van der Waals surface area contributed by atoms with Crippen molar-refractivity contribution in [2.24, 2.45) is 0 Å². The zero-order valence-corrected chi connectivity index (χ0v) is 11.2. The number of piperidine rings is 1. The third-order valence-corrected chi connectivity index (χ3v) is 4.27. The fraction of sp³-hybridized carbons (Fsp3) is 0.583. The Balaban J connectivity index is 0.00000108. The van der Waals surface area contributed by atoms with E-state index in [-0.39, 0.29) is 18.3 Å². The van der Waals surface area contributed by atoms with Crippen molar-refractivity contribution in [1.82, 2.24) is 10.6 Å². The Morgan fingerprint density at radius 2 is 2.06 bits per heavy atom. The molecule has 1 amide bonds. The van der Waals surface area contributed by atoms with Crippen molar-refractivity contribution in [2.75, 3.05) is 0 Å². The summed E-state index contributed by atoms with van der Waals surface area (Å²) in [5, 5.41) is 10.6. The van der Waals surface area contributed by atoms with Crippen LogP contribution in [0.15, 0.2) is 16.8 Å². The first-order chi connectivity index (χ1) is 7.81. The zero-order chi connectivity index (χ0) is 11.0. The van der Waals surface area contributed by atoms with E-state index in [2.05, 4.69) is 10.6 Å². The monoisotopic (exact) mass is 272 g/mol. The molecular weight excluding hydrogens is 256 g/mol. The molecule has 2 aliphatic heterocycles. The molecule has 2 atom stereocenters. The average Bonchev–Trinajstić information content (AvgIpc) is 2.88. The minimum absolute atomic E-state index is 0. The molecule has 2 saturated heterocycles. The quantitative estimate of drug-likeness (QED) is 0.867. The number of carbonyl (C=O) groups is 1. The van der Waals surface area contributed by atoms with Crippen LogP contribution >= 0.6 is 23.7 Å². The Morgan fingerprint density at radius 1 is 1.35 bits per heavy atom. The van der Waals surface area contributed by atoms with Crippen LogP contribution in [-0.4, -0.2) is 24.0 Å². The molecule has 17 heavy (non-hydrogen) atoms. The first-order valence-corrected chi connectivity index (χ1v) is 6.84. The Kier molecular flexibility index (Phi) is 4.07. The van der Waals surface area contributed by atoms with E-state index >= 15 is 0 Å². The van der Waals surface area contributed by atoms with Crippen LogP contribution in [0.1, 0.15) is 36.0 Å². The van der Waals surface area contributed by atoms with Gasteiger partial charge in [-0.1, -0.05) is 0 Å². The average molecular weight is 273 g/mol. The van der Waals surface area contributed by atoms with Crippen molar-refractivity contribution in [3.05, 3.63) is 22.4 Å². The van der Waals surface area contributed by atoms with Gasteiger partial charge in [0.05, 0.1) is 0 Å². The molecule has 2 bridgehead atoms. The van der Waals surface area contributed by atoms with Crippen molar-refractivity contribution >= 4 is 29.7 Å². The smallest absolute Gasteiger partial charge is 0.252 e. The number of fused-ring (bicyclic) bond motifs is 2. The molecule has 2 fully saturated rings. The molecular formula is C12H17ClN2OS. The molecule has 1 aromatic rings. The molecule has 0 saturated carbocycles. The maximum atomic E-state index is 11.9. The number of halogens is 1. The second-order valence-corrected chi connectivity index (χ2v) is 5.57. The van der Waals surface area contributed by atoms with Crippen LogP contribution < -0.4 is 10.6 Å². The second-order valence-electron chi connectivity index (χ2n) is 4.79. The van der Waals surface area contributed by atoms with Crippen LogP contribution in [0.4, 0.5) is 0 Å². The molecule has 1 aromatic heterocycles. The lowest BCUT2D eigenvalue weighted by Crippen LogP contribution is -2.47. The van der Waals surface area contributed by atoms with Crippen LogP contribution in [0, 0.1) is 0 Å². The van der Waals surface area contributed by atoms with Crippen molar-refractivity contribution in [3.63, 3.8) is 0 Å². The summed E-state index contributed by atoms with van der Waals surface area (Å²) < 4.78 is 0. The summed E-state index contributed by atoms with van der Waals surface area (Å²) in [7, 11) is 0. The van der Waals surface area contributed by atoms with E-state index in [1.54, 1.807) is 11.3 Å². The first-order valence-electron chi connectivity index (χ1n) is 5.90. The normalized spacial score (nSPS) is 30.7. The van der Waals surface area contributed by atoms with E-state index in [1.807, 2.05) is 16.8 Å². The number of amides is 1. The number of thiophene rings is 1. The molecule has 3 nitrogen and oxygen atoms in total. The number of nitrogens with one attached hydrogen (secondary N) is 2. The molecule has 0 aromatic carbocycles. The number of rotatable bonds is 2. The Morgan fingerprint density at radius 3 is 2.65 bits per heavy atom. The van der Waals surface area contributed by atoms with Crippen LogP contribution in [0.5, 0.6) is 0 Å². The molecule has 3 rings (SSSR count). The summed E-state index contributed by atoms with van der Waals surface area (Å²) in [5.41, 5.74) is 0.802. The molecule has 5 heteroatoms. The minimum atomic E-state index is 0. The maximum absolute atomic E-state index is 11.9. The Hall–Kier alpha value is -0.580. The molecule has 2 aliphatic rings. The zero-order valence-electron chi connectivity index (χ0n) is 9.52. The Labute approximate surface area is 111 Å². The summed E-state index contributed by atoms with van der Waals surface area (Å²) in [6.07, 6.45) is 4.73. The SMILES string of the molecule is Cl.O=C(NC1CC2CCC(C1)N2)c1ccsc1. The van der Waals surface area contributed by atoms with Gasteiger partial charge in [-0.05, 0) is 37.1 Å². The number of hydrogen-bond acceptors (Lipinski definition) is 3. The van der Waals surface area contributed by atoms with E-state index in [0.29, 0.717) is 18.1 Å². The van der Waals surface area contributed by atoms with Crippen LogP contribution in [0.25, 0.3) is 0 Å². The van der Waals surface area contributed by atoms with Crippen molar-refractivity contribution in [3.8, 4) is 0 Å². The lowest BCUT2D eigenvalue weighted by Gasteiger charge is -2.29. The topological polar surface area (TPSA) is 41.1 Å². The molecule has 2 unspecified atom stereocenters. The van der Waals surface area contributed by atoms with E-state index in [4.69, 9.17) is 0 Å². The summed E-state index contributed by atoms with van der Waals surface area (Å²) in [4.78, 5) is 11.9. The largest absolute Gasteiger partial charge is 0.349 e. The predicted octanol–water partition coefficient (Wildman–Crippen LogP) is 2.18. The molecule has 0 aliphatic carbocycles. The van der Waals surface area contributed by atoms with Gasteiger partial charge in [0.25, 0.3) is 5.91 Å². The molecule has 3 heterocycles. The van der Waals surface area contributed by atoms with Gasteiger partial charge in [-0.2, -0.15) is 11.3 Å². The number of carbonyl (C=O) groups excluding carboxylic acids is 1. The van der Waals surface area contributed by atoms with Crippen LogP contribution in [-0.2, 0) is 0 Å². The Bertz CT molecular complexity index is 370. The summed E-state index contributed by atoms with van der Waals surface area (Å²) in [6, 6.07) is 3.51. The van der Waals surface area contributed by atoms with Crippen LogP contribution in [0.2, 0.25) is 0 Å². The molecule has 0 radical (unpaired) electrons. The van der Waals surface area contributed by atoms with Gasteiger partial charge in [-0.3, -0.25) is 4.79 Å². The highest BCUT2D eigenvalue weighted by Gasteiger charge is 2.33. The highest BCUT2D eigenvalue weighted by atomic mass is 35.5. The fourth-order valence-corrected chi connectivity index (χ4v) is 3.47. The summed E-state index contributed by atoms with van der Waals surface area (Å²) in [5.74, 6) is 0.0903. The minimum Gasteiger partial charge on any atom is -0.349 e. The summed E-state index contributed by atoms with van der Waals surface area (Å²) in [6.45, 7) is 0. The predicted molar refractivity (Wildman–Crippen MR) is 72.0 cm³/mol. The van der Waals surface area contributed by atoms with E-state index in [0.717, 1.165) is 18.4 Å². The van der Waals surface area contributed by atoms with Gasteiger partial charge < -0.3 is 10.6 Å². The molecule has 0 spiro atoms. The van der Waals surface area contributed by atoms with Crippen molar-refractivity contribution in [1.29, 1.82) is 0 Å². The van der Waals surface area contributed by atoms with Gasteiger partial charge in [-0.15, -0.1) is 12.4 Å². The third-order valence-electron chi connectivity index (χ3n) is 3.59. The van der Waals surface area contributed by atoms with Gasteiger partial charge in [0.15, 0.2) is 0 Å². The molecule has 94 valence electrons.